The zero-order valence-electron chi connectivity index (χ0n) is 12.8. The zero-order valence-corrected chi connectivity index (χ0v) is 14.4. The maximum atomic E-state index is 12.7. The maximum Gasteiger partial charge on any atom is 0.273 e. The number of phenols is 1. The lowest BCUT2D eigenvalue weighted by molar-refractivity contribution is 0.0883. The van der Waals surface area contributed by atoms with Gasteiger partial charge in [-0.15, -0.1) is 11.8 Å². The second kappa shape index (κ2) is 6.37. The molecule has 1 amide bonds. The highest BCUT2D eigenvalue weighted by molar-refractivity contribution is 8.00. The van der Waals surface area contributed by atoms with Crippen molar-refractivity contribution in [1.29, 1.82) is 0 Å². The fourth-order valence-corrected chi connectivity index (χ4v) is 5.17. The van der Waals surface area contributed by atoms with E-state index in [-0.39, 0.29) is 28.7 Å². The van der Waals surface area contributed by atoms with E-state index < -0.39 is 21.7 Å². The number of carbonyl (C=O) groups is 1. The average molecular weight is 365 g/mol. The summed E-state index contributed by atoms with van der Waals surface area (Å²) in [6, 6.07) is 11.8. The van der Waals surface area contributed by atoms with Gasteiger partial charge in [0.15, 0.2) is 0 Å². The second-order valence-corrected chi connectivity index (χ2v) is 7.78. The van der Waals surface area contributed by atoms with Crippen LogP contribution in [0.4, 0.5) is 0 Å². The second-order valence-electron chi connectivity index (χ2n) is 4.97. The molecular formula is C16H15NO5S2. The van der Waals surface area contributed by atoms with E-state index in [9.17, 15) is 18.3 Å². The first-order valence-electron chi connectivity index (χ1n) is 7.20. The summed E-state index contributed by atoms with van der Waals surface area (Å²) in [6.07, 6.45) is 0. The van der Waals surface area contributed by atoms with Crippen LogP contribution in [-0.4, -0.2) is 36.2 Å². The van der Waals surface area contributed by atoms with Crippen LogP contribution in [0, 0.1) is 0 Å². The summed E-state index contributed by atoms with van der Waals surface area (Å²) in [6.45, 7) is 2.01. The van der Waals surface area contributed by atoms with Crippen LogP contribution < -0.4 is 4.74 Å². The summed E-state index contributed by atoms with van der Waals surface area (Å²) < 4.78 is 31.4. The summed E-state index contributed by atoms with van der Waals surface area (Å²) in [5.41, 5.74) is -0.106. The molecule has 0 atom stereocenters. The van der Waals surface area contributed by atoms with Gasteiger partial charge in [-0.3, -0.25) is 4.79 Å². The van der Waals surface area contributed by atoms with Crippen molar-refractivity contribution in [3.05, 3.63) is 48.0 Å². The molecule has 0 spiro atoms. The van der Waals surface area contributed by atoms with Crippen molar-refractivity contribution in [3.63, 3.8) is 0 Å². The molecule has 8 heteroatoms. The third-order valence-electron chi connectivity index (χ3n) is 3.48. The molecule has 1 aliphatic heterocycles. The molecule has 2 aromatic carbocycles. The van der Waals surface area contributed by atoms with Gasteiger partial charge >= 0.3 is 0 Å². The summed E-state index contributed by atoms with van der Waals surface area (Å²) in [5.74, 6) is -1.06. The monoisotopic (exact) mass is 365 g/mol. The number of aromatic hydroxyl groups is 1. The van der Waals surface area contributed by atoms with Crippen molar-refractivity contribution >= 4 is 27.7 Å². The topological polar surface area (TPSA) is 83.9 Å². The van der Waals surface area contributed by atoms with Crippen LogP contribution >= 0.6 is 11.8 Å². The van der Waals surface area contributed by atoms with Crippen molar-refractivity contribution in [2.75, 3.05) is 12.5 Å². The first kappa shape index (κ1) is 16.7. The Balaban J connectivity index is 1.98. The van der Waals surface area contributed by atoms with Gasteiger partial charge in [0.1, 0.15) is 22.0 Å². The van der Waals surface area contributed by atoms with Crippen LogP contribution in [0.15, 0.2) is 52.3 Å². The number of phenolic OH excluding ortho intramolecular Hbond substituents is 1. The van der Waals surface area contributed by atoms with E-state index >= 15 is 0 Å². The molecular weight excluding hydrogens is 350 g/mol. The van der Waals surface area contributed by atoms with Crippen molar-refractivity contribution in [2.24, 2.45) is 0 Å². The molecule has 0 fully saturated rings. The van der Waals surface area contributed by atoms with E-state index in [0.29, 0.717) is 0 Å². The van der Waals surface area contributed by atoms with E-state index in [0.717, 1.165) is 9.20 Å². The molecule has 6 nitrogen and oxygen atoms in total. The van der Waals surface area contributed by atoms with Crippen molar-refractivity contribution in [1.82, 2.24) is 4.31 Å². The highest BCUT2D eigenvalue weighted by Crippen LogP contribution is 2.42. The van der Waals surface area contributed by atoms with Crippen molar-refractivity contribution in [2.45, 2.75) is 16.7 Å². The lowest BCUT2D eigenvalue weighted by Crippen LogP contribution is -2.29. The van der Waals surface area contributed by atoms with E-state index in [1.165, 1.54) is 23.9 Å². The van der Waals surface area contributed by atoms with E-state index in [1.54, 1.807) is 6.92 Å². The van der Waals surface area contributed by atoms with Gasteiger partial charge in [0.05, 0.1) is 12.5 Å². The van der Waals surface area contributed by atoms with Crippen LogP contribution in [0.1, 0.15) is 17.3 Å². The van der Waals surface area contributed by atoms with E-state index in [4.69, 9.17) is 4.74 Å². The fraction of sp³-hybridized carbons (Fsp3) is 0.188. The molecule has 0 radical (unpaired) electrons. The minimum Gasteiger partial charge on any atom is -0.506 e. The standard InChI is InChI=1S/C16H15NO5S2/c1-2-22-13-9-8-12(18)15-14(13)16(19)17(24(15,20)21)10-23-11-6-4-3-5-7-11/h3-9,18H,2,10H2,1H3. The van der Waals surface area contributed by atoms with Gasteiger partial charge in [-0.05, 0) is 31.2 Å². The van der Waals surface area contributed by atoms with Crippen LogP contribution in [0.3, 0.4) is 0 Å². The number of fused-ring (bicyclic) bond motifs is 1. The number of benzene rings is 2. The molecule has 0 saturated heterocycles. The molecule has 0 aliphatic carbocycles. The molecule has 1 aliphatic rings. The number of carbonyl (C=O) groups excluding carboxylic acids is 1. The molecule has 0 aromatic heterocycles. The highest BCUT2D eigenvalue weighted by Gasteiger charge is 2.45. The number of rotatable bonds is 5. The molecule has 1 N–H and O–H groups in total. The number of hydrogen-bond donors (Lipinski definition) is 1. The Kier molecular flexibility index (Phi) is 4.42. The summed E-state index contributed by atoms with van der Waals surface area (Å²) in [4.78, 5) is 13.1. The predicted molar refractivity (Wildman–Crippen MR) is 89.8 cm³/mol. The zero-order chi connectivity index (χ0) is 17.3. The molecule has 2 aromatic rings. The Hall–Kier alpha value is -2.19. The summed E-state index contributed by atoms with van der Waals surface area (Å²) >= 11 is 1.22. The minimum absolute atomic E-state index is 0.0785. The van der Waals surface area contributed by atoms with Crippen molar-refractivity contribution in [3.8, 4) is 11.5 Å². The molecule has 0 saturated carbocycles. The first-order valence-corrected chi connectivity index (χ1v) is 9.63. The van der Waals surface area contributed by atoms with Crippen LogP contribution in [0.2, 0.25) is 0 Å². The van der Waals surface area contributed by atoms with Gasteiger partial charge in [0, 0.05) is 4.90 Å². The van der Waals surface area contributed by atoms with E-state index in [2.05, 4.69) is 0 Å². The summed E-state index contributed by atoms with van der Waals surface area (Å²) in [7, 11) is -4.10. The number of amides is 1. The Bertz CT molecular complexity index is 881. The summed E-state index contributed by atoms with van der Waals surface area (Å²) in [5, 5.41) is 9.96. The SMILES string of the molecule is CCOc1ccc(O)c2c1C(=O)N(CSc1ccccc1)S2(=O)=O. The van der Waals surface area contributed by atoms with Gasteiger partial charge in [-0.1, -0.05) is 18.2 Å². The highest BCUT2D eigenvalue weighted by atomic mass is 32.2. The number of ether oxygens (including phenoxy) is 1. The third kappa shape index (κ3) is 2.71. The quantitative estimate of drug-likeness (QED) is 0.820. The molecule has 126 valence electrons. The van der Waals surface area contributed by atoms with Gasteiger partial charge in [-0.2, -0.15) is 0 Å². The Labute approximate surface area is 144 Å². The average Bonchev–Trinajstić information content (AvgIpc) is 2.77. The molecule has 0 bridgehead atoms. The Morgan fingerprint density at radius 2 is 1.88 bits per heavy atom. The normalized spacial score (nSPS) is 15.4. The van der Waals surface area contributed by atoms with Gasteiger partial charge in [0.2, 0.25) is 0 Å². The van der Waals surface area contributed by atoms with Crippen LogP contribution in [0.25, 0.3) is 0 Å². The first-order chi connectivity index (χ1) is 11.5. The number of hydrogen-bond acceptors (Lipinski definition) is 6. The van der Waals surface area contributed by atoms with Gasteiger partial charge in [-0.25, -0.2) is 12.7 Å². The third-order valence-corrected chi connectivity index (χ3v) is 6.44. The lowest BCUT2D eigenvalue weighted by Gasteiger charge is -2.14. The fourth-order valence-electron chi connectivity index (χ4n) is 2.41. The molecule has 3 rings (SSSR count). The number of sulfonamides is 1. The lowest BCUT2D eigenvalue weighted by atomic mass is 10.1. The maximum absolute atomic E-state index is 12.7. The molecule has 0 unspecified atom stereocenters. The van der Waals surface area contributed by atoms with Crippen LogP contribution in [-0.2, 0) is 10.0 Å². The number of nitrogens with zero attached hydrogens (tertiary/aromatic N) is 1. The smallest absolute Gasteiger partial charge is 0.273 e. The molecule has 24 heavy (non-hydrogen) atoms. The van der Waals surface area contributed by atoms with Gasteiger partial charge in [0.25, 0.3) is 15.9 Å². The van der Waals surface area contributed by atoms with Crippen LogP contribution in [0.5, 0.6) is 11.5 Å². The largest absolute Gasteiger partial charge is 0.506 e. The van der Waals surface area contributed by atoms with Crippen molar-refractivity contribution < 1.29 is 23.1 Å². The minimum atomic E-state index is -4.10. The Morgan fingerprint density at radius 3 is 2.54 bits per heavy atom. The predicted octanol–water partition coefficient (Wildman–Crippen LogP) is 2.69. The van der Waals surface area contributed by atoms with Gasteiger partial charge < -0.3 is 9.84 Å². The van der Waals surface area contributed by atoms with E-state index in [1.807, 2.05) is 30.3 Å². The Morgan fingerprint density at radius 1 is 1.17 bits per heavy atom. The number of thioether (sulfide) groups is 1. The molecule has 1 heterocycles.